The van der Waals surface area contributed by atoms with Gasteiger partial charge in [0.2, 0.25) is 0 Å². The molecule has 0 aromatic heterocycles. The van der Waals surface area contributed by atoms with Crippen molar-refractivity contribution >= 4 is 5.78 Å². The number of allylic oxidation sites excluding steroid dienone is 8. The Morgan fingerprint density at radius 1 is 0.880 bits per heavy atom. The molecular formula is C24H38O. The maximum Gasteiger partial charge on any atom is 0.162 e. The summed E-state index contributed by atoms with van der Waals surface area (Å²) in [4.78, 5) is 13.1. The van der Waals surface area contributed by atoms with Crippen LogP contribution in [0.2, 0.25) is 0 Å². The van der Waals surface area contributed by atoms with Crippen molar-refractivity contribution in [2.24, 2.45) is 5.92 Å². The number of hydrogen-bond donors (Lipinski definition) is 0. The average Bonchev–Trinajstić information content (AvgIpc) is 2.63. The Bertz CT molecular complexity index is 569. The first-order valence-electron chi connectivity index (χ1n) is 10.1. The first-order valence-corrected chi connectivity index (χ1v) is 10.1. The zero-order valence-electron chi connectivity index (χ0n) is 17.4. The van der Waals surface area contributed by atoms with E-state index < -0.39 is 0 Å². The largest absolute Gasteiger partial charge is 0.294 e. The van der Waals surface area contributed by atoms with Crippen LogP contribution in [-0.4, -0.2) is 5.78 Å². The second-order valence-corrected chi connectivity index (χ2v) is 7.54. The number of ketones is 1. The Kier molecular flexibility index (Phi) is 9.78. The van der Waals surface area contributed by atoms with Crippen molar-refractivity contribution in [3.8, 4) is 0 Å². The maximum atomic E-state index is 13.1. The molecule has 25 heavy (non-hydrogen) atoms. The molecule has 0 radical (unpaired) electrons. The third kappa shape index (κ3) is 7.18. The van der Waals surface area contributed by atoms with Crippen molar-refractivity contribution in [3.63, 3.8) is 0 Å². The van der Waals surface area contributed by atoms with E-state index in [1.807, 2.05) is 0 Å². The fourth-order valence-corrected chi connectivity index (χ4v) is 3.10. The van der Waals surface area contributed by atoms with Gasteiger partial charge in [0.05, 0.1) is 0 Å². The van der Waals surface area contributed by atoms with Crippen molar-refractivity contribution < 1.29 is 4.79 Å². The van der Waals surface area contributed by atoms with Crippen LogP contribution >= 0.6 is 0 Å². The predicted molar refractivity (Wildman–Crippen MR) is 111 cm³/mol. The molecular weight excluding hydrogens is 304 g/mol. The van der Waals surface area contributed by atoms with Crippen LogP contribution in [0.4, 0.5) is 0 Å². The van der Waals surface area contributed by atoms with Crippen LogP contribution in [0, 0.1) is 5.92 Å². The standard InChI is InChI=1S/C24H38O/c1-7-18(4)10-13-21-15-16-22(14-11-19(5)8-2)24(25)23(21)17-12-20(6)9-3/h10-12,22H,7-9,13-17H2,1-6H3. The summed E-state index contributed by atoms with van der Waals surface area (Å²) in [6, 6.07) is 0. The highest BCUT2D eigenvalue weighted by atomic mass is 16.1. The van der Waals surface area contributed by atoms with Gasteiger partial charge in [-0.2, -0.15) is 0 Å². The van der Waals surface area contributed by atoms with E-state index >= 15 is 0 Å². The summed E-state index contributed by atoms with van der Waals surface area (Å²) in [5.41, 5.74) is 6.68. The van der Waals surface area contributed by atoms with E-state index in [9.17, 15) is 4.79 Å². The number of carbonyl (C=O) groups is 1. The molecule has 140 valence electrons. The molecule has 0 amide bonds. The van der Waals surface area contributed by atoms with Crippen LogP contribution < -0.4 is 0 Å². The zero-order chi connectivity index (χ0) is 18.8. The van der Waals surface area contributed by atoms with Crippen molar-refractivity contribution in [3.05, 3.63) is 46.1 Å². The molecule has 0 saturated heterocycles. The Balaban J connectivity index is 3.02. The normalized spacial score (nSPS) is 20.5. The molecule has 1 rings (SSSR count). The predicted octanol–water partition coefficient (Wildman–Crippen LogP) is 7.50. The second kappa shape index (κ2) is 11.3. The van der Waals surface area contributed by atoms with E-state index in [0.29, 0.717) is 5.78 Å². The Morgan fingerprint density at radius 3 is 1.96 bits per heavy atom. The van der Waals surface area contributed by atoms with Gasteiger partial charge < -0.3 is 0 Å². The van der Waals surface area contributed by atoms with Gasteiger partial charge in [-0.15, -0.1) is 0 Å². The minimum absolute atomic E-state index is 0.187. The highest BCUT2D eigenvalue weighted by Crippen LogP contribution is 2.33. The van der Waals surface area contributed by atoms with Gasteiger partial charge in [-0.1, -0.05) is 61.3 Å². The van der Waals surface area contributed by atoms with Gasteiger partial charge in [-0.05, 0) is 77.7 Å². The molecule has 1 heteroatoms. The topological polar surface area (TPSA) is 17.1 Å². The highest BCUT2D eigenvalue weighted by molar-refractivity contribution is 5.99. The molecule has 1 nitrogen and oxygen atoms in total. The lowest BCUT2D eigenvalue weighted by Crippen LogP contribution is -2.22. The van der Waals surface area contributed by atoms with Gasteiger partial charge in [-0.25, -0.2) is 0 Å². The van der Waals surface area contributed by atoms with Crippen LogP contribution in [0.1, 0.15) is 92.9 Å². The van der Waals surface area contributed by atoms with Gasteiger partial charge >= 0.3 is 0 Å². The average molecular weight is 343 g/mol. The maximum absolute atomic E-state index is 13.1. The monoisotopic (exact) mass is 342 g/mol. The van der Waals surface area contributed by atoms with Crippen LogP contribution in [-0.2, 0) is 4.79 Å². The van der Waals surface area contributed by atoms with E-state index in [0.717, 1.165) is 56.9 Å². The molecule has 0 N–H and O–H groups in total. The van der Waals surface area contributed by atoms with E-state index in [1.165, 1.54) is 22.3 Å². The smallest absolute Gasteiger partial charge is 0.162 e. The third-order valence-corrected chi connectivity index (χ3v) is 5.67. The number of Topliss-reactive ketones (excluding diaryl/α,β-unsaturated/α-hetero) is 1. The third-order valence-electron chi connectivity index (χ3n) is 5.67. The van der Waals surface area contributed by atoms with Crippen LogP contribution in [0.25, 0.3) is 0 Å². The fourth-order valence-electron chi connectivity index (χ4n) is 3.10. The van der Waals surface area contributed by atoms with Crippen molar-refractivity contribution in [2.75, 3.05) is 0 Å². The number of hydrogen-bond acceptors (Lipinski definition) is 1. The van der Waals surface area contributed by atoms with E-state index in [4.69, 9.17) is 0 Å². The lowest BCUT2D eigenvalue weighted by atomic mass is 9.78. The van der Waals surface area contributed by atoms with Gasteiger partial charge in [0, 0.05) is 5.92 Å². The van der Waals surface area contributed by atoms with Gasteiger partial charge in [0.25, 0.3) is 0 Å². The molecule has 0 bridgehead atoms. The first-order chi connectivity index (χ1) is 11.9. The van der Waals surface area contributed by atoms with Crippen molar-refractivity contribution in [2.45, 2.75) is 92.9 Å². The SMILES string of the molecule is CCC(C)=CCC1=C(CC=C(C)CC)C(=O)C(CC=C(C)CC)CC1. The lowest BCUT2D eigenvalue weighted by Gasteiger charge is -2.25. The minimum atomic E-state index is 0.187. The molecule has 1 aliphatic rings. The van der Waals surface area contributed by atoms with Gasteiger partial charge in [0.15, 0.2) is 5.78 Å². The first kappa shape index (κ1) is 21.7. The molecule has 1 atom stereocenters. The molecule has 0 fully saturated rings. The summed E-state index contributed by atoms with van der Waals surface area (Å²) in [7, 11) is 0. The summed E-state index contributed by atoms with van der Waals surface area (Å²) in [5.74, 6) is 0.593. The molecule has 1 aliphatic carbocycles. The summed E-state index contributed by atoms with van der Waals surface area (Å²) in [5, 5.41) is 0. The molecule has 0 aromatic rings. The van der Waals surface area contributed by atoms with Crippen molar-refractivity contribution in [1.82, 2.24) is 0 Å². The molecule has 0 spiro atoms. The van der Waals surface area contributed by atoms with E-state index in [1.54, 1.807) is 0 Å². The van der Waals surface area contributed by atoms with E-state index in [-0.39, 0.29) is 5.92 Å². The van der Waals surface area contributed by atoms with Gasteiger partial charge in [-0.3, -0.25) is 4.79 Å². The summed E-state index contributed by atoms with van der Waals surface area (Å²) in [6.45, 7) is 13.1. The van der Waals surface area contributed by atoms with Crippen LogP contribution in [0.15, 0.2) is 46.1 Å². The van der Waals surface area contributed by atoms with E-state index in [2.05, 4.69) is 59.8 Å². The van der Waals surface area contributed by atoms with Gasteiger partial charge in [0.1, 0.15) is 0 Å². The molecule has 0 aromatic carbocycles. The second-order valence-electron chi connectivity index (χ2n) is 7.54. The van der Waals surface area contributed by atoms with Crippen LogP contribution in [0.3, 0.4) is 0 Å². The Labute approximate surface area is 156 Å². The fraction of sp³-hybridized carbons (Fsp3) is 0.625. The summed E-state index contributed by atoms with van der Waals surface area (Å²) >= 11 is 0. The molecule has 0 saturated carbocycles. The minimum Gasteiger partial charge on any atom is -0.294 e. The summed E-state index contributed by atoms with van der Waals surface area (Å²) in [6.07, 6.45) is 14.9. The molecule has 1 unspecified atom stereocenters. The van der Waals surface area contributed by atoms with Crippen molar-refractivity contribution in [1.29, 1.82) is 0 Å². The number of carbonyl (C=O) groups excluding carboxylic acids is 1. The zero-order valence-corrected chi connectivity index (χ0v) is 17.4. The molecule has 0 aliphatic heterocycles. The number of rotatable bonds is 9. The quantitative estimate of drug-likeness (QED) is 0.396. The summed E-state index contributed by atoms with van der Waals surface area (Å²) < 4.78 is 0. The highest BCUT2D eigenvalue weighted by Gasteiger charge is 2.27. The van der Waals surface area contributed by atoms with Crippen LogP contribution in [0.5, 0.6) is 0 Å². The lowest BCUT2D eigenvalue weighted by molar-refractivity contribution is -0.119. The Morgan fingerprint density at radius 2 is 1.40 bits per heavy atom. The Hall–Kier alpha value is -1.37. The molecule has 0 heterocycles.